The van der Waals surface area contributed by atoms with Crippen LogP contribution in [0, 0.1) is 0 Å². The lowest BCUT2D eigenvalue weighted by atomic mass is 10.2. The van der Waals surface area contributed by atoms with Crippen LogP contribution in [-0.2, 0) is 16.0 Å². The van der Waals surface area contributed by atoms with E-state index in [1.54, 1.807) is 12.3 Å². The fraction of sp³-hybridized carbons (Fsp3) is 0.385. The number of carbonyl (C=O) groups is 3. The van der Waals surface area contributed by atoms with Crippen molar-refractivity contribution >= 4 is 17.9 Å². The summed E-state index contributed by atoms with van der Waals surface area (Å²) in [5.41, 5.74) is 5.77. The van der Waals surface area contributed by atoms with Crippen LogP contribution in [0.25, 0.3) is 0 Å². The van der Waals surface area contributed by atoms with Gasteiger partial charge in [0.2, 0.25) is 5.91 Å². The number of aromatic nitrogens is 1. The molecule has 8 nitrogen and oxygen atoms in total. The highest BCUT2D eigenvalue weighted by molar-refractivity contribution is 5.87. The summed E-state index contributed by atoms with van der Waals surface area (Å²) in [6.45, 7) is 0.367. The minimum absolute atomic E-state index is 0.367. The topological polar surface area (TPSA) is 126 Å². The Bertz CT molecular complexity index is 506. The van der Waals surface area contributed by atoms with Crippen molar-refractivity contribution in [1.29, 1.82) is 0 Å². The van der Waals surface area contributed by atoms with E-state index in [9.17, 15) is 14.4 Å². The molecular formula is C13H18N4O4. The molecule has 1 heterocycles. The lowest BCUT2D eigenvalue weighted by molar-refractivity contribution is -0.140. The molecule has 21 heavy (non-hydrogen) atoms. The fourth-order valence-electron chi connectivity index (χ4n) is 1.59. The second kappa shape index (κ2) is 7.83. The average Bonchev–Trinajstić information content (AvgIpc) is 2.44. The van der Waals surface area contributed by atoms with Crippen LogP contribution in [0.3, 0.4) is 0 Å². The smallest absolute Gasteiger partial charge is 0.326 e. The molecule has 0 bridgehead atoms. The molecule has 8 heteroatoms. The van der Waals surface area contributed by atoms with Gasteiger partial charge >= 0.3 is 12.0 Å². The van der Waals surface area contributed by atoms with Gasteiger partial charge in [-0.25, -0.2) is 9.59 Å². The minimum atomic E-state index is -1.33. The average molecular weight is 294 g/mol. The van der Waals surface area contributed by atoms with Crippen molar-refractivity contribution in [2.75, 3.05) is 13.6 Å². The van der Waals surface area contributed by atoms with Crippen LogP contribution in [0.2, 0.25) is 0 Å². The van der Waals surface area contributed by atoms with Gasteiger partial charge in [0.05, 0.1) is 6.42 Å². The number of pyridine rings is 1. The normalized spacial score (nSPS) is 11.5. The zero-order valence-corrected chi connectivity index (χ0v) is 11.7. The summed E-state index contributed by atoms with van der Waals surface area (Å²) in [7, 11) is 1.53. The largest absolute Gasteiger partial charge is 0.480 e. The first-order chi connectivity index (χ1) is 9.90. The van der Waals surface area contributed by atoms with E-state index >= 15 is 0 Å². The highest BCUT2D eigenvalue weighted by Crippen LogP contribution is 1.98. The molecule has 1 rings (SSSR count). The molecule has 0 aliphatic carbocycles. The van der Waals surface area contributed by atoms with Gasteiger partial charge in [0.1, 0.15) is 6.04 Å². The lowest BCUT2D eigenvalue weighted by Crippen LogP contribution is -2.48. The van der Waals surface area contributed by atoms with Crippen LogP contribution in [0.15, 0.2) is 24.4 Å². The predicted molar refractivity (Wildman–Crippen MR) is 74.3 cm³/mol. The Morgan fingerprint density at radius 3 is 2.67 bits per heavy atom. The van der Waals surface area contributed by atoms with E-state index in [1.807, 2.05) is 12.1 Å². The number of likely N-dealkylation sites (N-methyl/N-ethyl adjacent to an activating group) is 1. The molecule has 0 saturated heterocycles. The summed E-state index contributed by atoms with van der Waals surface area (Å²) in [4.78, 5) is 39.0. The number of nitrogens with zero attached hydrogens (tertiary/aromatic N) is 2. The van der Waals surface area contributed by atoms with Crippen LogP contribution in [0.4, 0.5) is 4.79 Å². The minimum Gasteiger partial charge on any atom is -0.480 e. The zero-order chi connectivity index (χ0) is 15.8. The fourth-order valence-corrected chi connectivity index (χ4v) is 1.59. The van der Waals surface area contributed by atoms with Crippen LogP contribution in [0.1, 0.15) is 12.1 Å². The van der Waals surface area contributed by atoms with Gasteiger partial charge in [-0.2, -0.15) is 0 Å². The van der Waals surface area contributed by atoms with E-state index in [0.717, 1.165) is 5.69 Å². The summed E-state index contributed by atoms with van der Waals surface area (Å²) in [5, 5.41) is 11.2. The third kappa shape index (κ3) is 5.89. The Morgan fingerprint density at radius 2 is 2.14 bits per heavy atom. The van der Waals surface area contributed by atoms with E-state index in [0.29, 0.717) is 13.0 Å². The Morgan fingerprint density at radius 1 is 1.43 bits per heavy atom. The van der Waals surface area contributed by atoms with Gasteiger partial charge in [-0.05, 0) is 12.1 Å². The quantitative estimate of drug-likeness (QED) is 0.630. The highest BCUT2D eigenvalue weighted by Gasteiger charge is 2.23. The Hall–Kier alpha value is -2.64. The third-order valence-corrected chi connectivity index (χ3v) is 2.78. The van der Waals surface area contributed by atoms with Crippen molar-refractivity contribution in [3.05, 3.63) is 30.1 Å². The number of rotatable bonds is 7. The predicted octanol–water partition coefficient (Wildman–Crippen LogP) is -0.406. The molecule has 0 radical (unpaired) electrons. The standard InChI is InChI=1S/C13H18N4O4/c1-17(7-5-9-4-2-3-6-15-9)13(21)16-10(12(19)20)8-11(14)18/h2-4,6,10H,5,7-8H2,1H3,(H2,14,18)(H,16,21)(H,19,20). The molecule has 0 fully saturated rings. The van der Waals surface area contributed by atoms with Gasteiger partial charge in [-0.1, -0.05) is 6.07 Å². The number of carbonyl (C=O) groups excluding carboxylic acids is 2. The molecule has 0 spiro atoms. The summed E-state index contributed by atoms with van der Waals surface area (Å²) in [6, 6.07) is 3.56. The van der Waals surface area contributed by atoms with E-state index < -0.39 is 30.4 Å². The molecule has 0 aliphatic rings. The second-order valence-electron chi connectivity index (χ2n) is 4.50. The molecule has 1 unspecified atom stereocenters. The van der Waals surface area contributed by atoms with Crippen LogP contribution < -0.4 is 11.1 Å². The first kappa shape index (κ1) is 16.4. The number of carboxylic acid groups (broad SMARTS) is 1. The van der Waals surface area contributed by atoms with E-state index in [1.165, 1.54) is 11.9 Å². The lowest BCUT2D eigenvalue weighted by Gasteiger charge is -2.20. The van der Waals surface area contributed by atoms with E-state index in [4.69, 9.17) is 10.8 Å². The van der Waals surface area contributed by atoms with Gasteiger partial charge in [0.15, 0.2) is 0 Å². The second-order valence-corrected chi connectivity index (χ2v) is 4.50. The molecule has 3 amide bonds. The number of hydrogen-bond donors (Lipinski definition) is 3. The van der Waals surface area contributed by atoms with Gasteiger partial charge < -0.3 is 21.1 Å². The van der Waals surface area contributed by atoms with Crippen LogP contribution in [-0.4, -0.2) is 52.5 Å². The van der Waals surface area contributed by atoms with Gasteiger partial charge in [0, 0.05) is 31.9 Å². The molecule has 0 aromatic carbocycles. The summed E-state index contributed by atoms with van der Waals surface area (Å²) in [6.07, 6.45) is 1.75. The van der Waals surface area contributed by atoms with Gasteiger partial charge in [0.25, 0.3) is 0 Å². The Kier molecular flexibility index (Phi) is 6.12. The number of hydrogen-bond acceptors (Lipinski definition) is 4. The first-order valence-corrected chi connectivity index (χ1v) is 6.32. The molecule has 4 N–H and O–H groups in total. The van der Waals surface area contributed by atoms with Crippen molar-refractivity contribution in [3.8, 4) is 0 Å². The number of urea groups is 1. The monoisotopic (exact) mass is 294 g/mol. The molecular weight excluding hydrogens is 276 g/mol. The molecule has 0 aliphatic heterocycles. The Balaban J connectivity index is 2.49. The summed E-state index contributed by atoms with van der Waals surface area (Å²) >= 11 is 0. The molecule has 1 aromatic heterocycles. The highest BCUT2D eigenvalue weighted by atomic mass is 16.4. The number of primary amides is 1. The van der Waals surface area contributed by atoms with Crippen LogP contribution >= 0.6 is 0 Å². The van der Waals surface area contributed by atoms with E-state index in [-0.39, 0.29) is 0 Å². The number of nitrogens with one attached hydrogen (secondary N) is 1. The molecule has 1 aromatic rings. The number of amides is 3. The third-order valence-electron chi connectivity index (χ3n) is 2.78. The summed E-state index contributed by atoms with van der Waals surface area (Å²) in [5.74, 6) is -2.10. The molecule has 114 valence electrons. The van der Waals surface area contributed by atoms with Crippen molar-refractivity contribution in [2.45, 2.75) is 18.9 Å². The van der Waals surface area contributed by atoms with Gasteiger partial charge in [-0.3, -0.25) is 9.78 Å². The van der Waals surface area contributed by atoms with Crippen molar-refractivity contribution < 1.29 is 19.5 Å². The maximum absolute atomic E-state index is 11.8. The maximum Gasteiger partial charge on any atom is 0.326 e. The van der Waals surface area contributed by atoms with Gasteiger partial charge in [-0.15, -0.1) is 0 Å². The number of carboxylic acids is 1. The number of nitrogens with two attached hydrogens (primary N) is 1. The van der Waals surface area contributed by atoms with Crippen molar-refractivity contribution in [2.24, 2.45) is 5.73 Å². The van der Waals surface area contributed by atoms with Crippen molar-refractivity contribution in [1.82, 2.24) is 15.2 Å². The number of aliphatic carboxylic acids is 1. The van der Waals surface area contributed by atoms with Crippen LogP contribution in [0.5, 0.6) is 0 Å². The SMILES string of the molecule is CN(CCc1ccccn1)C(=O)NC(CC(N)=O)C(=O)O. The summed E-state index contributed by atoms with van der Waals surface area (Å²) < 4.78 is 0. The Labute approximate surface area is 121 Å². The van der Waals surface area contributed by atoms with Crippen molar-refractivity contribution in [3.63, 3.8) is 0 Å². The molecule has 0 saturated carbocycles. The first-order valence-electron chi connectivity index (χ1n) is 6.32. The zero-order valence-electron chi connectivity index (χ0n) is 11.7. The molecule has 1 atom stereocenters. The van der Waals surface area contributed by atoms with E-state index in [2.05, 4.69) is 10.3 Å². The maximum atomic E-state index is 11.8.